The molecule has 2 fully saturated rings. The first kappa shape index (κ1) is 14.1. The van der Waals surface area contributed by atoms with Crippen LogP contribution in [0.15, 0.2) is 24.3 Å². The maximum absolute atomic E-state index is 12.9. The first-order valence-electron chi connectivity index (χ1n) is 7.73. The van der Waals surface area contributed by atoms with Crippen LogP contribution in [0.3, 0.4) is 0 Å². The van der Waals surface area contributed by atoms with Crippen LogP contribution in [0.5, 0.6) is 0 Å². The van der Waals surface area contributed by atoms with Gasteiger partial charge >= 0.3 is 6.03 Å². The van der Waals surface area contributed by atoms with Crippen LogP contribution in [-0.2, 0) is 11.3 Å². The predicted octanol–water partition coefficient (Wildman–Crippen LogP) is 3.00. The van der Waals surface area contributed by atoms with Crippen molar-refractivity contribution < 1.29 is 9.59 Å². The van der Waals surface area contributed by atoms with E-state index in [1.54, 1.807) is 0 Å². The van der Waals surface area contributed by atoms with Crippen LogP contribution >= 0.6 is 0 Å². The molecule has 21 heavy (non-hydrogen) atoms. The first-order valence-corrected chi connectivity index (χ1v) is 7.73. The third-order valence-electron chi connectivity index (χ3n) is 5.09. The van der Waals surface area contributed by atoms with Crippen LogP contribution in [0.25, 0.3) is 0 Å². The van der Waals surface area contributed by atoms with E-state index in [1.807, 2.05) is 31.2 Å². The second-order valence-electron chi connectivity index (χ2n) is 6.37. The first-order chi connectivity index (χ1) is 10.0. The number of nitrogens with zero attached hydrogens (tertiary/aromatic N) is 1. The zero-order valence-electron chi connectivity index (χ0n) is 12.7. The van der Waals surface area contributed by atoms with Crippen molar-refractivity contribution in [3.63, 3.8) is 0 Å². The van der Waals surface area contributed by atoms with Gasteiger partial charge in [-0.2, -0.15) is 0 Å². The molecule has 4 nitrogen and oxygen atoms in total. The second-order valence-corrected chi connectivity index (χ2v) is 6.37. The summed E-state index contributed by atoms with van der Waals surface area (Å²) in [4.78, 5) is 26.6. The molecule has 3 amide bonds. The molecule has 1 saturated carbocycles. The van der Waals surface area contributed by atoms with E-state index >= 15 is 0 Å². The number of hydrogen-bond donors (Lipinski definition) is 1. The number of carbonyl (C=O) groups is 2. The average molecular weight is 286 g/mol. The number of carbonyl (C=O) groups excluding carboxylic acids is 2. The fourth-order valence-electron chi connectivity index (χ4n) is 3.60. The summed E-state index contributed by atoms with van der Waals surface area (Å²) >= 11 is 0. The van der Waals surface area contributed by atoms with Crippen molar-refractivity contribution in [1.82, 2.24) is 10.2 Å². The maximum Gasteiger partial charge on any atom is 0.325 e. The highest BCUT2D eigenvalue weighted by molar-refractivity contribution is 6.07. The van der Waals surface area contributed by atoms with E-state index in [9.17, 15) is 9.59 Å². The zero-order chi connectivity index (χ0) is 15.0. The molecule has 2 unspecified atom stereocenters. The lowest BCUT2D eigenvalue weighted by molar-refractivity contribution is -0.134. The fraction of sp³-hybridized carbons (Fsp3) is 0.529. The van der Waals surface area contributed by atoms with Gasteiger partial charge in [0.15, 0.2) is 0 Å². The molecule has 112 valence electrons. The smallest absolute Gasteiger partial charge is 0.323 e. The monoisotopic (exact) mass is 286 g/mol. The SMILES string of the molecule is Cc1ccccc1CN1C(=O)NC2(CCCCC2C)C1=O. The van der Waals surface area contributed by atoms with Crippen molar-refractivity contribution in [2.24, 2.45) is 5.92 Å². The van der Waals surface area contributed by atoms with E-state index in [0.29, 0.717) is 6.54 Å². The Balaban J connectivity index is 1.86. The molecule has 1 aromatic carbocycles. The zero-order valence-corrected chi connectivity index (χ0v) is 12.7. The van der Waals surface area contributed by atoms with Crippen molar-refractivity contribution in [1.29, 1.82) is 0 Å². The summed E-state index contributed by atoms with van der Waals surface area (Å²) in [6, 6.07) is 7.66. The third-order valence-corrected chi connectivity index (χ3v) is 5.09. The quantitative estimate of drug-likeness (QED) is 0.850. The Kier molecular flexibility index (Phi) is 3.47. The molecule has 1 aliphatic carbocycles. The van der Waals surface area contributed by atoms with Crippen LogP contribution in [0, 0.1) is 12.8 Å². The highest BCUT2D eigenvalue weighted by atomic mass is 16.2. The summed E-state index contributed by atoms with van der Waals surface area (Å²) in [5, 5.41) is 3.00. The van der Waals surface area contributed by atoms with E-state index in [4.69, 9.17) is 0 Å². The maximum atomic E-state index is 12.9. The normalized spacial score (nSPS) is 29.0. The molecule has 0 radical (unpaired) electrons. The number of rotatable bonds is 2. The number of benzene rings is 1. The lowest BCUT2D eigenvalue weighted by Crippen LogP contribution is -2.53. The van der Waals surface area contributed by atoms with Gasteiger partial charge in [0.1, 0.15) is 5.54 Å². The number of amides is 3. The van der Waals surface area contributed by atoms with Gasteiger partial charge in [0.2, 0.25) is 0 Å². The van der Waals surface area contributed by atoms with Crippen LogP contribution in [0.1, 0.15) is 43.7 Å². The largest absolute Gasteiger partial charge is 0.325 e. The van der Waals surface area contributed by atoms with Gasteiger partial charge in [-0.1, -0.05) is 44.0 Å². The minimum absolute atomic E-state index is 0.0389. The van der Waals surface area contributed by atoms with Crippen molar-refractivity contribution in [2.45, 2.75) is 51.6 Å². The number of urea groups is 1. The molecule has 1 aliphatic heterocycles. The molecule has 0 aromatic heterocycles. The molecule has 0 bridgehead atoms. The topological polar surface area (TPSA) is 49.4 Å². The molecule has 4 heteroatoms. The van der Waals surface area contributed by atoms with E-state index < -0.39 is 5.54 Å². The van der Waals surface area contributed by atoms with Gasteiger partial charge in [0.25, 0.3) is 5.91 Å². The molecule has 1 N–H and O–H groups in total. The lowest BCUT2D eigenvalue weighted by Gasteiger charge is -2.36. The van der Waals surface area contributed by atoms with Crippen LogP contribution < -0.4 is 5.32 Å². The summed E-state index contributed by atoms with van der Waals surface area (Å²) in [6.45, 7) is 4.45. The van der Waals surface area contributed by atoms with Gasteiger partial charge < -0.3 is 5.32 Å². The molecule has 1 spiro atoms. The molecular formula is C17H22N2O2. The summed E-state index contributed by atoms with van der Waals surface area (Å²) in [6.07, 6.45) is 3.92. The van der Waals surface area contributed by atoms with Crippen LogP contribution in [0.2, 0.25) is 0 Å². The Bertz CT molecular complexity index is 584. The van der Waals surface area contributed by atoms with Crippen LogP contribution in [-0.4, -0.2) is 22.4 Å². The minimum Gasteiger partial charge on any atom is -0.323 e. The van der Waals surface area contributed by atoms with E-state index in [0.717, 1.165) is 36.8 Å². The Morgan fingerprint density at radius 2 is 2.05 bits per heavy atom. The number of hydrogen-bond acceptors (Lipinski definition) is 2. The Morgan fingerprint density at radius 3 is 2.76 bits per heavy atom. The molecule has 2 atom stereocenters. The van der Waals surface area contributed by atoms with E-state index in [2.05, 4.69) is 12.2 Å². The average Bonchev–Trinajstić information content (AvgIpc) is 2.70. The number of imide groups is 1. The Hall–Kier alpha value is -1.84. The highest BCUT2D eigenvalue weighted by Crippen LogP contribution is 2.38. The number of aryl methyl sites for hydroxylation is 1. The van der Waals surface area contributed by atoms with Gasteiger partial charge in [-0.3, -0.25) is 9.69 Å². The van der Waals surface area contributed by atoms with Gasteiger partial charge in [0, 0.05) is 0 Å². The van der Waals surface area contributed by atoms with E-state index in [1.165, 1.54) is 4.90 Å². The molecule has 2 aliphatic rings. The van der Waals surface area contributed by atoms with E-state index in [-0.39, 0.29) is 17.9 Å². The third kappa shape index (κ3) is 2.23. The van der Waals surface area contributed by atoms with Gasteiger partial charge in [-0.25, -0.2) is 4.79 Å². The van der Waals surface area contributed by atoms with Crippen molar-refractivity contribution in [3.05, 3.63) is 35.4 Å². The molecule has 1 aromatic rings. The standard InChI is InChI=1S/C17H22N2O2/c1-12-7-3-4-9-14(12)11-19-15(20)17(18-16(19)21)10-6-5-8-13(17)2/h3-4,7,9,13H,5-6,8,10-11H2,1-2H3,(H,18,21). The van der Waals surface area contributed by atoms with Crippen molar-refractivity contribution >= 4 is 11.9 Å². The Labute approximate surface area is 125 Å². The molecule has 1 heterocycles. The summed E-state index contributed by atoms with van der Waals surface area (Å²) < 4.78 is 0. The highest BCUT2D eigenvalue weighted by Gasteiger charge is 2.54. The predicted molar refractivity (Wildman–Crippen MR) is 80.6 cm³/mol. The minimum atomic E-state index is -0.655. The lowest BCUT2D eigenvalue weighted by atomic mass is 9.73. The number of nitrogens with one attached hydrogen (secondary N) is 1. The Morgan fingerprint density at radius 1 is 1.29 bits per heavy atom. The fourth-order valence-corrected chi connectivity index (χ4v) is 3.60. The summed E-state index contributed by atoms with van der Waals surface area (Å²) in [7, 11) is 0. The van der Waals surface area contributed by atoms with Gasteiger partial charge in [0.05, 0.1) is 6.54 Å². The van der Waals surface area contributed by atoms with Gasteiger partial charge in [-0.05, 0) is 36.8 Å². The molecular weight excluding hydrogens is 264 g/mol. The van der Waals surface area contributed by atoms with Crippen molar-refractivity contribution in [3.8, 4) is 0 Å². The van der Waals surface area contributed by atoms with Crippen molar-refractivity contribution in [2.75, 3.05) is 0 Å². The van der Waals surface area contributed by atoms with Crippen LogP contribution in [0.4, 0.5) is 4.79 Å². The summed E-state index contributed by atoms with van der Waals surface area (Å²) in [5.74, 6) is 0.174. The molecule has 3 rings (SSSR count). The van der Waals surface area contributed by atoms with Gasteiger partial charge in [-0.15, -0.1) is 0 Å². The summed E-state index contributed by atoms with van der Waals surface area (Å²) in [5.41, 5.74) is 1.48. The molecule has 1 saturated heterocycles. The second kappa shape index (κ2) is 5.17.